The summed E-state index contributed by atoms with van der Waals surface area (Å²) < 4.78 is 18.8. The molecule has 1 aromatic carbocycles. The molecule has 70 valence electrons. The lowest BCUT2D eigenvalue weighted by Gasteiger charge is -2.23. The van der Waals surface area contributed by atoms with E-state index in [4.69, 9.17) is 10.5 Å². The van der Waals surface area contributed by atoms with Gasteiger partial charge in [0, 0.05) is 24.1 Å². The summed E-state index contributed by atoms with van der Waals surface area (Å²) in [4.78, 5) is 0. The highest BCUT2D eigenvalue weighted by molar-refractivity contribution is 9.10. The summed E-state index contributed by atoms with van der Waals surface area (Å²) in [6.07, 6.45) is 0.783. The first kappa shape index (κ1) is 8.97. The molecule has 0 aromatic heterocycles. The predicted octanol–water partition coefficient (Wildman–Crippen LogP) is 2.37. The van der Waals surface area contributed by atoms with E-state index in [9.17, 15) is 4.39 Å². The summed E-state index contributed by atoms with van der Waals surface area (Å²) in [6.45, 7) is 0.565. The lowest BCUT2D eigenvalue weighted by atomic mass is 10.0. The van der Waals surface area contributed by atoms with Crippen LogP contribution >= 0.6 is 15.9 Å². The van der Waals surface area contributed by atoms with Crippen molar-refractivity contribution in [2.45, 2.75) is 12.5 Å². The van der Waals surface area contributed by atoms with Crippen molar-refractivity contribution in [2.75, 3.05) is 6.61 Å². The Balaban J connectivity index is 2.52. The zero-order valence-electron chi connectivity index (χ0n) is 6.89. The molecule has 1 aromatic rings. The van der Waals surface area contributed by atoms with Gasteiger partial charge in [0.2, 0.25) is 0 Å². The zero-order valence-corrected chi connectivity index (χ0v) is 8.47. The van der Waals surface area contributed by atoms with Crippen LogP contribution in [0.5, 0.6) is 5.75 Å². The van der Waals surface area contributed by atoms with Crippen molar-refractivity contribution >= 4 is 15.9 Å². The molecule has 2 rings (SSSR count). The average molecular weight is 246 g/mol. The molecule has 0 saturated carbocycles. The van der Waals surface area contributed by atoms with E-state index in [1.165, 1.54) is 6.07 Å². The normalized spacial score (nSPS) is 20.7. The lowest BCUT2D eigenvalue weighted by Crippen LogP contribution is -2.20. The summed E-state index contributed by atoms with van der Waals surface area (Å²) in [5.74, 6) is 0.257. The second-order valence-corrected chi connectivity index (χ2v) is 3.90. The Bertz CT molecular complexity index is 343. The Morgan fingerprint density at radius 2 is 2.31 bits per heavy atom. The van der Waals surface area contributed by atoms with Crippen LogP contribution in [-0.4, -0.2) is 6.61 Å². The maximum atomic E-state index is 13.1. The van der Waals surface area contributed by atoms with Gasteiger partial charge in [0.05, 0.1) is 11.1 Å². The minimum atomic E-state index is -0.312. The summed E-state index contributed by atoms with van der Waals surface area (Å²) in [7, 11) is 0. The summed E-state index contributed by atoms with van der Waals surface area (Å²) in [5, 5.41) is 0. The van der Waals surface area contributed by atoms with E-state index in [1.807, 2.05) is 0 Å². The predicted molar refractivity (Wildman–Crippen MR) is 51.1 cm³/mol. The molecule has 1 atom stereocenters. The molecule has 13 heavy (non-hydrogen) atoms. The molecule has 0 aliphatic carbocycles. The van der Waals surface area contributed by atoms with Gasteiger partial charge in [0.25, 0.3) is 0 Å². The maximum absolute atomic E-state index is 13.1. The molecule has 1 aliphatic heterocycles. The molecule has 4 heteroatoms. The number of fused-ring (bicyclic) bond motifs is 1. The fourth-order valence-corrected chi connectivity index (χ4v) is 1.77. The van der Waals surface area contributed by atoms with Crippen LogP contribution in [0, 0.1) is 5.82 Å². The third kappa shape index (κ3) is 1.56. The zero-order chi connectivity index (χ0) is 9.42. The highest BCUT2D eigenvalue weighted by atomic mass is 79.9. The minimum absolute atomic E-state index is 0.0411. The van der Waals surface area contributed by atoms with Gasteiger partial charge in [-0.3, -0.25) is 0 Å². The van der Waals surface area contributed by atoms with Crippen LogP contribution in [0.1, 0.15) is 18.0 Å². The van der Waals surface area contributed by atoms with Crippen LogP contribution in [0.15, 0.2) is 16.6 Å². The fourth-order valence-electron chi connectivity index (χ4n) is 1.41. The smallest absolute Gasteiger partial charge is 0.141 e. The van der Waals surface area contributed by atoms with Crippen LogP contribution in [0.2, 0.25) is 0 Å². The third-order valence-corrected chi connectivity index (χ3v) is 2.75. The van der Waals surface area contributed by atoms with E-state index in [-0.39, 0.29) is 11.9 Å². The Hall–Kier alpha value is -0.610. The number of hydrogen-bond donors (Lipinski definition) is 1. The van der Waals surface area contributed by atoms with Crippen LogP contribution in [0.3, 0.4) is 0 Å². The molecular formula is C9H9BrFNO. The summed E-state index contributed by atoms with van der Waals surface area (Å²) >= 11 is 3.12. The monoisotopic (exact) mass is 245 g/mol. The average Bonchev–Trinajstić information content (AvgIpc) is 2.09. The second kappa shape index (κ2) is 3.27. The van der Waals surface area contributed by atoms with Gasteiger partial charge in [0.15, 0.2) is 0 Å². The van der Waals surface area contributed by atoms with E-state index in [2.05, 4.69) is 15.9 Å². The number of hydrogen-bond acceptors (Lipinski definition) is 2. The van der Waals surface area contributed by atoms with Crippen molar-refractivity contribution in [3.05, 3.63) is 28.0 Å². The first-order chi connectivity index (χ1) is 6.18. The van der Waals surface area contributed by atoms with Gasteiger partial charge in [0.1, 0.15) is 11.6 Å². The number of ether oxygens (including phenoxy) is 1. The van der Waals surface area contributed by atoms with Gasteiger partial charge in [-0.15, -0.1) is 0 Å². The van der Waals surface area contributed by atoms with Crippen molar-refractivity contribution in [2.24, 2.45) is 5.73 Å². The largest absolute Gasteiger partial charge is 0.493 e. The van der Waals surface area contributed by atoms with Crippen molar-refractivity contribution in [1.82, 2.24) is 0 Å². The number of benzene rings is 1. The molecule has 2 nitrogen and oxygen atoms in total. The quantitative estimate of drug-likeness (QED) is 0.762. The van der Waals surface area contributed by atoms with Gasteiger partial charge >= 0.3 is 0 Å². The van der Waals surface area contributed by atoms with E-state index in [0.717, 1.165) is 12.0 Å². The van der Waals surface area contributed by atoms with Gasteiger partial charge in [-0.1, -0.05) is 0 Å². The van der Waals surface area contributed by atoms with Crippen LogP contribution in [0.25, 0.3) is 0 Å². The van der Waals surface area contributed by atoms with Gasteiger partial charge < -0.3 is 10.5 Å². The number of rotatable bonds is 0. The third-order valence-electron chi connectivity index (χ3n) is 2.14. The fraction of sp³-hybridized carbons (Fsp3) is 0.333. The number of halogens is 2. The summed E-state index contributed by atoms with van der Waals surface area (Å²) in [5.41, 5.74) is 6.72. The first-order valence-corrected chi connectivity index (χ1v) is 4.85. The van der Waals surface area contributed by atoms with Gasteiger partial charge in [-0.2, -0.15) is 0 Å². The SMILES string of the molecule is N[C@@H]1CCOc2cc(F)c(Br)cc21. The highest BCUT2D eigenvalue weighted by Crippen LogP contribution is 2.34. The van der Waals surface area contributed by atoms with E-state index >= 15 is 0 Å². The molecular weight excluding hydrogens is 237 g/mol. The molecule has 0 radical (unpaired) electrons. The molecule has 1 heterocycles. The van der Waals surface area contributed by atoms with Crippen molar-refractivity contribution in [1.29, 1.82) is 0 Å². The van der Waals surface area contributed by atoms with Crippen molar-refractivity contribution < 1.29 is 9.13 Å². The van der Waals surface area contributed by atoms with Crippen molar-refractivity contribution in [3.63, 3.8) is 0 Å². The molecule has 2 N–H and O–H groups in total. The maximum Gasteiger partial charge on any atom is 0.141 e. The van der Waals surface area contributed by atoms with Crippen molar-refractivity contribution in [3.8, 4) is 5.75 Å². The first-order valence-electron chi connectivity index (χ1n) is 4.06. The summed E-state index contributed by atoms with van der Waals surface area (Å²) in [6, 6.07) is 3.02. The molecule has 1 aliphatic rings. The van der Waals surface area contributed by atoms with E-state index < -0.39 is 0 Å². The molecule has 0 amide bonds. The van der Waals surface area contributed by atoms with Crippen LogP contribution in [-0.2, 0) is 0 Å². The molecule has 0 saturated heterocycles. The van der Waals surface area contributed by atoms with Gasteiger partial charge in [-0.05, 0) is 22.0 Å². The highest BCUT2D eigenvalue weighted by Gasteiger charge is 2.19. The Labute approximate surface area is 84.0 Å². The number of nitrogens with two attached hydrogens (primary N) is 1. The van der Waals surface area contributed by atoms with Crippen LogP contribution < -0.4 is 10.5 Å². The Kier molecular flexibility index (Phi) is 2.26. The minimum Gasteiger partial charge on any atom is -0.493 e. The standard InChI is InChI=1S/C9H9BrFNO/c10-6-3-5-8(12)1-2-13-9(5)4-7(6)11/h3-4,8H,1-2,12H2/t8-/m1/s1. The van der Waals surface area contributed by atoms with Gasteiger partial charge in [-0.25, -0.2) is 4.39 Å². The molecule has 0 spiro atoms. The molecule has 0 unspecified atom stereocenters. The Morgan fingerprint density at radius 1 is 1.54 bits per heavy atom. The van der Waals surface area contributed by atoms with E-state index in [1.54, 1.807) is 6.07 Å². The lowest BCUT2D eigenvalue weighted by molar-refractivity contribution is 0.267. The van der Waals surface area contributed by atoms with E-state index in [0.29, 0.717) is 16.8 Å². The topological polar surface area (TPSA) is 35.2 Å². The Morgan fingerprint density at radius 3 is 3.08 bits per heavy atom. The molecule has 0 fully saturated rings. The second-order valence-electron chi connectivity index (χ2n) is 3.05. The molecule has 0 bridgehead atoms. The van der Waals surface area contributed by atoms with Crippen LogP contribution in [0.4, 0.5) is 4.39 Å².